The van der Waals surface area contributed by atoms with Crippen molar-refractivity contribution in [2.45, 2.75) is 18.8 Å². The molecule has 0 saturated heterocycles. The summed E-state index contributed by atoms with van der Waals surface area (Å²) in [6.45, 7) is 0. The van der Waals surface area contributed by atoms with E-state index in [4.69, 9.17) is 23.2 Å². The van der Waals surface area contributed by atoms with Crippen molar-refractivity contribution in [1.82, 2.24) is 0 Å². The van der Waals surface area contributed by atoms with Crippen molar-refractivity contribution < 1.29 is 14.2 Å². The zero-order valence-electron chi connectivity index (χ0n) is 15.4. The van der Waals surface area contributed by atoms with Gasteiger partial charge in [-0.05, 0) is 48.5 Å². The van der Waals surface area contributed by atoms with Crippen LogP contribution < -0.4 is 4.57 Å². The lowest BCUT2D eigenvalue weighted by Crippen LogP contribution is -2.35. The summed E-state index contributed by atoms with van der Waals surface area (Å²) in [5, 5.41) is 1.17. The molecule has 0 aliphatic heterocycles. The zero-order chi connectivity index (χ0) is 20.1. The van der Waals surface area contributed by atoms with E-state index in [-0.39, 0.29) is 30.3 Å². The first-order chi connectivity index (χ1) is 13.4. The molecule has 142 valence electrons. The average molecular weight is 413 g/mol. The van der Waals surface area contributed by atoms with Crippen molar-refractivity contribution in [2.24, 2.45) is 7.05 Å². The molecule has 0 aliphatic carbocycles. The van der Waals surface area contributed by atoms with E-state index in [9.17, 15) is 9.59 Å². The van der Waals surface area contributed by atoms with E-state index >= 15 is 0 Å². The van der Waals surface area contributed by atoms with Gasteiger partial charge in [-0.15, -0.1) is 0 Å². The largest absolute Gasteiger partial charge is 0.294 e. The molecule has 1 aromatic heterocycles. The van der Waals surface area contributed by atoms with Crippen molar-refractivity contribution in [2.75, 3.05) is 0 Å². The van der Waals surface area contributed by atoms with Gasteiger partial charge in [0.25, 0.3) is 0 Å². The van der Waals surface area contributed by atoms with Gasteiger partial charge >= 0.3 is 0 Å². The molecule has 0 saturated carbocycles. The number of nitrogens with zero attached hydrogens (tertiary/aromatic N) is 1. The number of ketones is 2. The Morgan fingerprint density at radius 3 is 1.68 bits per heavy atom. The lowest BCUT2D eigenvalue weighted by molar-refractivity contribution is -0.680. The van der Waals surface area contributed by atoms with Crippen LogP contribution in [0.4, 0.5) is 0 Å². The molecule has 5 heteroatoms. The van der Waals surface area contributed by atoms with E-state index in [1.54, 1.807) is 48.5 Å². The van der Waals surface area contributed by atoms with E-state index in [1.807, 2.05) is 36.0 Å². The summed E-state index contributed by atoms with van der Waals surface area (Å²) in [4.78, 5) is 25.7. The number of aromatic nitrogens is 1. The molecule has 1 heterocycles. The van der Waals surface area contributed by atoms with E-state index in [0.29, 0.717) is 21.2 Å². The monoisotopic (exact) mass is 412 g/mol. The maximum absolute atomic E-state index is 12.8. The molecule has 2 aromatic carbocycles. The van der Waals surface area contributed by atoms with E-state index in [2.05, 4.69) is 0 Å². The fourth-order valence-electron chi connectivity index (χ4n) is 3.20. The average Bonchev–Trinajstić information content (AvgIpc) is 2.69. The number of halogens is 2. The van der Waals surface area contributed by atoms with Crippen LogP contribution in [0.3, 0.4) is 0 Å². The molecule has 3 nitrogen and oxygen atoms in total. The van der Waals surface area contributed by atoms with Gasteiger partial charge < -0.3 is 0 Å². The highest BCUT2D eigenvalue weighted by Gasteiger charge is 2.26. The number of carbonyl (C=O) groups is 2. The topological polar surface area (TPSA) is 38.0 Å². The van der Waals surface area contributed by atoms with Crippen LogP contribution in [0.1, 0.15) is 45.2 Å². The molecule has 0 bridgehead atoms. The van der Waals surface area contributed by atoms with Crippen LogP contribution in [0.2, 0.25) is 10.0 Å². The SMILES string of the molecule is C[n+]1ccccc1C(CC(=O)c1ccc(Cl)cc1)CC(=O)c1ccc(Cl)cc1. The Hall–Kier alpha value is -2.49. The van der Waals surface area contributed by atoms with Gasteiger partial charge in [-0.1, -0.05) is 29.3 Å². The highest BCUT2D eigenvalue weighted by Crippen LogP contribution is 2.26. The minimum Gasteiger partial charge on any atom is -0.294 e. The van der Waals surface area contributed by atoms with Crippen molar-refractivity contribution in [3.8, 4) is 0 Å². The van der Waals surface area contributed by atoms with Gasteiger partial charge in [-0.3, -0.25) is 9.59 Å². The van der Waals surface area contributed by atoms with Gasteiger partial charge in [-0.25, -0.2) is 4.57 Å². The van der Waals surface area contributed by atoms with E-state index in [0.717, 1.165) is 5.69 Å². The van der Waals surface area contributed by atoms with Gasteiger partial charge in [0.1, 0.15) is 7.05 Å². The number of hydrogen-bond acceptors (Lipinski definition) is 2. The predicted molar refractivity (Wildman–Crippen MR) is 111 cm³/mol. The zero-order valence-corrected chi connectivity index (χ0v) is 17.0. The quantitative estimate of drug-likeness (QED) is 0.382. The second kappa shape index (κ2) is 9.13. The second-order valence-electron chi connectivity index (χ2n) is 6.70. The number of aryl methyl sites for hydroxylation is 1. The Morgan fingerprint density at radius 1 is 0.786 bits per heavy atom. The number of hydrogen-bond donors (Lipinski definition) is 0. The first kappa shape index (κ1) is 20.2. The molecule has 0 N–H and O–H groups in total. The van der Waals surface area contributed by atoms with Crippen LogP contribution in [0.25, 0.3) is 0 Å². The molecule has 0 atom stereocenters. The number of carbonyl (C=O) groups excluding carboxylic acids is 2. The maximum atomic E-state index is 12.8. The Balaban J connectivity index is 1.86. The van der Waals surface area contributed by atoms with Crippen molar-refractivity contribution in [3.63, 3.8) is 0 Å². The Kier molecular flexibility index (Phi) is 6.61. The fourth-order valence-corrected chi connectivity index (χ4v) is 3.45. The number of benzene rings is 2. The van der Waals surface area contributed by atoms with Gasteiger partial charge in [0.2, 0.25) is 0 Å². The van der Waals surface area contributed by atoms with Gasteiger partial charge in [0, 0.05) is 46.1 Å². The van der Waals surface area contributed by atoms with Crippen LogP contribution in [0, 0.1) is 0 Å². The summed E-state index contributed by atoms with van der Waals surface area (Å²) in [5.74, 6) is -0.276. The van der Waals surface area contributed by atoms with Gasteiger partial charge in [0.05, 0.1) is 5.92 Å². The normalized spacial score (nSPS) is 10.9. The standard InChI is InChI=1S/C23H20Cl2NO2/c1-26-13-3-2-4-21(26)18(14-22(27)16-5-9-19(24)10-6-16)15-23(28)17-7-11-20(25)12-8-17/h2-13,18H,14-15H2,1H3/q+1. The van der Waals surface area contributed by atoms with Crippen molar-refractivity contribution in [3.05, 3.63) is 99.8 Å². The number of Topliss-reactive ketones (excluding diaryl/α,β-unsaturated/α-hetero) is 2. The van der Waals surface area contributed by atoms with Crippen LogP contribution in [0.5, 0.6) is 0 Å². The fraction of sp³-hybridized carbons (Fsp3) is 0.174. The molecule has 0 radical (unpaired) electrons. The second-order valence-corrected chi connectivity index (χ2v) is 7.57. The molecule has 0 fully saturated rings. The van der Waals surface area contributed by atoms with E-state index in [1.165, 1.54) is 0 Å². The van der Waals surface area contributed by atoms with Crippen LogP contribution in [-0.2, 0) is 7.05 Å². The Morgan fingerprint density at radius 2 is 1.25 bits per heavy atom. The van der Waals surface area contributed by atoms with Crippen LogP contribution in [-0.4, -0.2) is 11.6 Å². The van der Waals surface area contributed by atoms with Gasteiger partial charge in [-0.2, -0.15) is 0 Å². The van der Waals surface area contributed by atoms with Crippen molar-refractivity contribution in [1.29, 1.82) is 0 Å². The summed E-state index contributed by atoms with van der Waals surface area (Å²) in [7, 11) is 1.92. The third kappa shape index (κ3) is 5.06. The molecule has 0 amide bonds. The highest BCUT2D eigenvalue weighted by molar-refractivity contribution is 6.31. The molecular weight excluding hydrogens is 393 g/mol. The molecule has 28 heavy (non-hydrogen) atoms. The third-order valence-electron chi connectivity index (χ3n) is 4.71. The van der Waals surface area contributed by atoms with Crippen LogP contribution >= 0.6 is 23.2 Å². The van der Waals surface area contributed by atoms with Gasteiger partial charge in [0.15, 0.2) is 23.5 Å². The summed E-state index contributed by atoms with van der Waals surface area (Å²) < 4.78 is 1.95. The molecular formula is C23H20Cl2NO2+. The summed E-state index contributed by atoms with van der Waals surface area (Å²) in [6.07, 6.45) is 2.39. The van der Waals surface area contributed by atoms with Crippen LogP contribution in [0.15, 0.2) is 72.9 Å². The Labute approximate surface area is 174 Å². The molecule has 3 rings (SSSR count). The Bertz CT molecular complexity index is 923. The third-order valence-corrected chi connectivity index (χ3v) is 5.21. The summed E-state index contributed by atoms with van der Waals surface area (Å²) in [5.41, 5.74) is 2.12. The van der Waals surface area contributed by atoms with E-state index < -0.39 is 0 Å². The molecule has 0 unspecified atom stereocenters. The molecule has 0 spiro atoms. The minimum absolute atomic E-state index is 0.0191. The predicted octanol–water partition coefficient (Wildman–Crippen LogP) is 5.45. The summed E-state index contributed by atoms with van der Waals surface area (Å²) >= 11 is 11.8. The summed E-state index contributed by atoms with van der Waals surface area (Å²) in [6, 6.07) is 19.5. The van der Waals surface area contributed by atoms with Crippen molar-refractivity contribution >= 4 is 34.8 Å². The highest BCUT2D eigenvalue weighted by atomic mass is 35.5. The number of pyridine rings is 1. The molecule has 3 aromatic rings. The smallest absolute Gasteiger partial charge is 0.185 e. The maximum Gasteiger partial charge on any atom is 0.185 e. The first-order valence-electron chi connectivity index (χ1n) is 8.96. The number of rotatable bonds is 7. The first-order valence-corrected chi connectivity index (χ1v) is 9.71. The lowest BCUT2D eigenvalue weighted by atomic mass is 9.88. The molecule has 0 aliphatic rings. The lowest BCUT2D eigenvalue weighted by Gasteiger charge is -2.14. The minimum atomic E-state index is -0.238.